The lowest BCUT2D eigenvalue weighted by atomic mass is 9.85. The minimum absolute atomic E-state index is 0.0432. The quantitative estimate of drug-likeness (QED) is 0.573. The number of allylic oxidation sites excluding steroid dienone is 2. The summed E-state index contributed by atoms with van der Waals surface area (Å²) in [4.78, 5) is 50.5. The van der Waals surface area contributed by atoms with Crippen molar-refractivity contribution in [1.29, 1.82) is 0 Å². The molecule has 1 aromatic carbocycles. The lowest BCUT2D eigenvalue weighted by Crippen LogP contribution is -2.50. The zero-order chi connectivity index (χ0) is 15.9. The van der Waals surface area contributed by atoms with Crippen LogP contribution in [0.2, 0.25) is 0 Å². The van der Waals surface area contributed by atoms with Gasteiger partial charge in [0, 0.05) is 0 Å². The van der Waals surface area contributed by atoms with Crippen LogP contribution in [-0.4, -0.2) is 33.6 Å². The Labute approximate surface area is 131 Å². The highest BCUT2D eigenvalue weighted by molar-refractivity contribution is 6.24. The van der Waals surface area contributed by atoms with E-state index < -0.39 is 35.5 Å². The molecule has 1 saturated carbocycles. The zero-order valence-corrected chi connectivity index (χ0v) is 12.0. The predicted molar refractivity (Wildman–Crippen MR) is 76.5 cm³/mol. The molecule has 2 fully saturated rings. The summed E-state index contributed by atoms with van der Waals surface area (Å²) < 4.78 is 0. The minimum Gasteiger partial charge on any atom is -0.272 e. The molecule has 1 saturated heterocycles. The van der Waals surface area contributed by atoms with Gasteiger partial charge in [0.1, 0.15) is 0 Å². The maximum atomic E-state index is 12.7. The predicted octanol–water partition coefficient (Wildman–Crippen LogP) is 1.00. The molecule has 6 heteroatoms. The van der Waals surface area contributed by atoms with E-state index in [2.05, 4.69) is 0 Å². The Morgan fingerprint density at radius 1 is 0.739 bits per heavy atom. The van der Waals surface area contributed by atoms with Crippen molar-refractivity contribution in [2.24, 2.45) is 23.7 Å². The highest BCUT2D eigenvalue weighted by atomic mass is 16.2. The number of hydrazine groups is 1. The standard InChI is InChI=1S/C17H12N2O4/c20-14-10-3-1-2-4-11(10)15(21)18(14)19-16(22)12-8-5-6-9(7-8)13(12)17(19)23/h1-6,8-9,12-13H,7H2/t8-,9-,12-,13+/m0/s1. The number of hydrogen-bond donors (Lipinski definition) is 0. The van der Waals surface area contributed by atoms with E-state index in [-0.39, 0.29) is 23.0 Å². The fourth-order valence-electron chi connectivity index (χ4n) is 4.44. The molecule has 5 rings (SSSR count). The van der Waals surface area contributed by atoms with Crippen molar-refractivity contribution in [2.75, 3.05) is 0 Å². The van der Waals surface area contributed by atoms with Gasteiger partial charge in [0.2, 0.25) is 0 Å². The Morgan fingerprint density at radius 3 is 1.70 bits per heavy atom. The maximum Gasteiger partial charge on any atom is 0.281 e. The molecule has 0 radical (unpaired) electrons. The van der Waals surface area contributed by atoms with Crippen LogP contribution < -0.4 is 0 Å². The minimum atomic E-state index is -0.604. The first-order chi connectivity index (χ1) is 11.1. The summed E-state index contributed by atoms with van der Waals surface area (Å²) in [6, 6.07) is 6.37. The fraction of sp³-hybridized carbons (Fsp3) is 0.294. The summed E-state index contributed by atoms with van der Waals surface area (Å²) in [7, 11) is 0. The third-order valence-corrected chi connectivity index (χ3v) is 5.42. The normalized spacial score (nSPS) is 33.9. The third-order valence-electron chi connectivity index (χ3n) is 5.42. The van der Waals surface area contributed by atoms with Crippen molar-refractivity contribution in [3.8, 4) is 0 Å². The average Bonchev–Trinajstić information content (AvgIpc) is 3.28. The van der Waals surface area contributed by atoms with Crippen LogP contribution >= 0.6 is 0 Å². The van der Waals surface area contributed by atoms with Gasteiger partial charge in [-0.2, -0.15) is 10.0 Å². The van der Waals surface area contributed by atoms with Gasteiger partial charge < -0.3 is 0 Å². The number of nitrogens with zero attached hydrogens (tertiary/aromatic N) is 2. The number of carbonyl (C=O) groups excluding carboxylic acids is 4. The Hall–Kier alpha value is -2.76. The number of carbonyl (C=O) groups is 4. The first-order valence-electron chi connectivity index (χ1n) is 7.63. The van der Waals surface area contributed by atoms with Gasteiger partial charge in [-0.1, -0.05) is 24.3 Å². The second kappa shape index (κ2) is 3.95. The summed E-state index contributed by atoms with van der Waals surface area (Å²) >= 11 is 0. The Morgan fingerprint density at radius 2 is 1.22 bits per heavy atom. The summed E-state index contributed by atoms with van der Waals surface area (Å²) in [5, 5.41) is 1.53. The second-order valence-electron chi connectivity index (χ2n) is 6.46. The van der Waals surface area contributed by atoms with Crippen molar-refractivity contribution >= 4 is 23.6 Å². The van der Waals surface area contributed by atoms with E-state index in [0.29, 0.717) is 0 Å². The highest BCUT2D eigenvalue weighted by Crippen LogP contribution is 2.53. The van der Waals surface area contributed by atoms with E-state index in [4.69, 9.17) is 0 Å². The van der Waals surface area contributed by atoms with Gasteiger partial charge >= 0.3 is 0 Å². The fourth-order valence-corrected chi connectivity index (χ4v) is 4.44. The molecule has 0 aromatic heterocycles. The Kier molecular flexibility index (Phi) is 2.19. The monoisotopic (exact) mass is 308 g/mol. The van der Waals surface area contributed by atoms with Crippen molar-refractivity contribution in [2.45, 2.75) is 6.42 Å². The Balaban J connectivity index is 1.57. The van der Waals surface area contributed by atoms with Crippen LogP contribution in [0.1, 0.15) is 27.1 Å². The van der Waals surface area contributed by atoms with Crippen molar-refractivity contribution in [1.82, 2.24) is 10.0 Å². The summed E-state index contributed by atoms with van der Waals surface area (Å²) in [5.41, 5.74) is 0.465. The van der Waals surface area contributed by atoms with Crippen LogP contribution in [0, 0.1) is 23.7 Å². The van der Waals surface area contributed by atoms with Crippen LogP contribution in [0.3, 0.4) is 0 Å². The summed E-state index contributed by atoms with van der Waals surface area (Å²) in [5.74, 6) is -2.83. The molecule has 23 heavy (non-hydrogen) atoms. The molecule has 2 aliphatic carbocycles. The molecule has 0 spiro atoms. The summed E-state index contributed by atoms with van der Waals surface area (Å²) in [6.07, 6.45) is 4.76. The number of rotatable bonds is 1. The van der Waals surface area contributed by atoms with Gasteiger partial charge in [0.25, 0.3) is 23.6 Å². The SMILES string of the molecule is O=C1c2ccccc2C(=O)N1N1C(=O)[C@@H]2[C@H](C1=O)[C@H]1C=C[C@H]2C1. The first kappa shape index (κ1) is 12.8. The van der Waals surface area contributed by atoms with Gasteiger partial charge in [-0.15, -0.1) is 0 Å². The van der Waals surface area contributed by atoms with E-state index in [0.717, 1.165) is 16.4 Å². The molecule has 0 unspecified atom stereocenters. The van der Waals surface area contributed by atoms with Crippen LogP contribution in [0.5, 0.6) is 0 Å². The van der Waals surface area contributed by atoms with E-state index in [1.807, 2.05) is 12.2 Å². The van der Waals surface area contributed by atoms with Crippen molar-refractivity contribution < 1.29 is 19.2 Å². The molecule has 2 aliphatic heterocycles. The molecule has 1 aromatic rings. The van der Waals surface area contributed by atoms with E-state index in [1.165, 1.54) is 12.1 Å². The smallest absolute Gasteiger partial charge is 0.272 e. The highest BCUT2D eigenvalue weighted by Gasteiger charge is 2.62. The first-order valence-corrected chi connectivity index (χ1v) is 7.63. The van der Waals surface area contributed by atoms with Gasteiger partial charge in [-0.05, 0) is 30.4 Å². The molecule has 114 valence electrons. The van der Waals surface area contributed by atoms with Gasteiger partial charge in [-0.3, -0.25) is 19.2 Å². The van der Waals surface area contributed by atoms with E-state index in [1.54, 1.807) is 12.1 Å². The lowest BCUT2D eigenvalue weighted by Gasteiger charge is -2.25. The molecule has 4 amide bonds. The molecule has 0 N–H and O–H groups in total. The molecule has 4 atom stereocenters. The molecule has 2 heterocycles. The topological polar surface area (TPSA) is 74.8 Å². The number of benzene rings is 1. The lowest BCUT2D eigenvalue weighted by molar-refractivity contribution is -0.152. The number of hydrogen-bond acceptors (Lipinski definition) is 4. The van der Waals surface area contributed by atoms with E-state index >= 15 is 0 Å². The molecule has 2 bridgehead atoms. The van der Waals surface area contributed by atoms with Crippen LogP contribution in [0.25, 0.3) is 0 Å². The number of imide groups is 2. The average molecular weight is 308 g/mol. The summed E-state index contributed by atoms with van der Waals surface area (Å²) in [6.45, 7) is 0. The van der Waals surface area contributed by atoms with E-state index in [9.17, 15) is 19.2 Å². The van der Waals surface area contributed by atoms with Crippen molar-refractivity contribution in [3.05, 3.63) is 47.5 Å². The third kappa shape index (κ3) is 1.34. The largest absolute Gasteiger partial charge is 0.281 e. The van der Waals surface area contributed by atoms with Crippen LogP contribution in [0.15, 0.2) is 36.4 Å². The van der Waals surface area contributed by atoms with Crippen LogP contribution in [0.4, 0.5) is 0 Å². The molecular weight excluding hydrogens is 296 g/mol. The molecule has 6 nitrogen and oxygen atoms in total. The maximum absolute atomic E-state index is 12.7. The second-order valence-corrected chi connectivity index (χ2v) is 6.46. The van der Waals surface area contributed by atoms with Crippen LogP contribution in [-0.2, 0) is 9.59 Å². The zero-order valence-electron chi connectivity index (χ0n) is 12.0. The number of amides is 4. The Bertz CT molecular complexity index is 778. The molecule has 4 aliphatic rings. The van der Waals surface area contributed by atoms with Crippen molar-refractivity contribution in [3.63, 3.8) is 0 Å². The number of fused-ring (bicyclic) bond motifs is 6. The molecular formula is C17H12N2O4. The van der Waals surface area contributed by atoms with Gasteiger partial charge in [0.15, 0.2) is 0 Å². The van der Waals surface area contributed by atoms with Gasteiger partial charge in [0.05, 0.1) is 23.0 Å². The van der Waals surface area contributed by atoms with Gasteiger partial charge in [-0.25, -0.2) is 0 Å².